The van der Waals surface area contributed by atoms with Crippen LogP contribution in [0.15, 0.2) is 41.5 Å². The van der Waals surface area contributed by atoms with E-state index in [4.69, 9.17) is 0 Å². The van der Waals surface area contributed by atoms with Gasteiger partial charge in [-0.25, -0.2) is 8.51 Å². The second kappa shape index (κ2) is 7.63. The first-order valence-electron chi connectivity index (χ1n) is 8.87. The number of hydrogen-bond donors (Lipinski definition) is 0. The minimum atomic E-state index is -0.898. The van der Waals surface area contributed by atoms with Gasteiger partial charge in [-0.3, -0.25) is 14.7 Å². The molecule has 3 aromatic rings. The highest BCUT2D eigenvalue weighted by atomic mass is 32.2. The number of nitrogens with zero attached hydrogens (tertiary/aromatic N) is 4. The van der Waals surface area contributed by atoms with E-state index in [0.717, 1.165) is 54.1 Å². The van der Waals surface area contributed by atoms with Crippen LogP contribution in [0.25, 0.3) is 21.3 Å². The Bertz CT molecular complexity index is 1040. The van der Waals surface area contributed by atoms with Crippen LogP contribution in [-0.4, -0.2) is 55.4 Å². The number of aryl methyl sites for hydroxylation is 1. The molecular formula is C19H22N4O2S2. The highest BCUT2D eigenvalue weighted by Gasteiger charge is 2.20. The molecule has 6 nitrogen and oxygen atoms in total. The van der Waals surface area contributed by atoms with E-state index in [2.05, 4.69) is 9.88 Å². The zero-order chi connectivity index (χ0) is 19.0. The molecule has 8 heteroatoms. The number of aromatic nitrogens is 2. The van der Waals surface area contributed by atoms with Crippen molar-refractivity contribution in [2.24, 2.45) is 7.05 Å². The summed E-state index contributed by atoms with van der Waals surface area (Å²) in [6.07, 6.45) is 5.39. The predicted octanol–water partition coefficient (Wildman–Crippen LogP) is 2.07. The first kappa shape index (κ1) is 18.5. The molecule has 1 aliphatic heterocycles. The van der Waals surface area contributed by atoms with Crippen LogP contribution in [0.2, 0.25) is 0 Å². The van der Waals surface area contributed by atoms with Gasteiger partial charge in [-0.1, -0.05) is 6.07 Å². The number of thiophene rings is 1. The van der Waals surface area contributed by atoms with Crippen molar-refractivity contribution in [3.63, 3.8) is 0 Å². The van der Waals surface area contributed by atoms with Gasteiger partial charge in [0.15, 0.2) is 0 Å². The molecule has 0 saturated carbocycles. The molecule has 1 atom stereocenters. The van der Waals surface area contributed by atoms with Gasteiger partial charge in [0.25, 0.3) is 5.56 Å². The lowest BCUT2D eigenvalue weighted by atomic mass is 10.1. The van der Waals surface area contributed by atoms with Gasteiger partial charge in [0.1, 0.15) is 0 Å². The first-order valence-corrected chi connectivity index (χ1v) is 11.2. The highest BCUT2D eigenvalue weighted by Crippen LogP contribution is 2.32. The highest BCUT2D eigenvalue weighted by molar-refractivity contribution is 7.81. The number of piperazine rings is 1. The van der Waals surface area contributed by atoms with E-state index in [1.165, 1.54) is 4.88 Å². The summed E-state index contributed by atoms with van der Waals surface area (Å²) < 4.78 is 16.2. The lowest BCUT2D eigenvalue weighted by molar-refractivity contribution is 0.187. The van der Waals surface area contributed by atoms with Crippen LogP contribution in [0.5, 0.6) is 0 Å². The Kier molecular flexibility index (Phi) is 5.23. The van der Waals surface area contributed by atoms with Crippen molar-refractivity contribution in [1.29, 1.82) is 0 Å². The quantitative estimate of drug-likeness (QED) is 0.670. The maximum Gasteiger partial charge on any atom is 0.259 e. The maximum absolute atomic E-state index is 12.6. The summed E-state index contributed by atoms with van der Waals surface area (Å²) in [6.45, 7) is 4.22. The van der Waals surface area contributed by atoms with Crippen molar-refractivity contribution < 1.29 is 4.21 Å². The maximum atomic E-state index is 12.6. The molecule has 0 amide bonds. The number of rotatable bonds is 4. The second-order valence-electron chi connectivity index (χ2n) is 6.76. The third kappa shape index (κ3) is 3.75. The molecule has 0 spiro atoms. The first-order chi connectivity index (χ1) is 13.0. The van der Waals surface area contributed by atoms with Gasteiger partial charge < -0.3 is 4.57 Å². The fourth-order valence-corrected chi connectivity index (χ4v) is 5.34. The summed E-state index contributed by atoms with van der Waals surface area (Å²) in [5, 5.41) is 0.758. The summed E-state index contributed by atoms with van der Waals surface area (Å²) in [7, 11) is 0.890. The lowest BCUT2D eigenvalue weighted by Crippen LogP contribution is -2.46. The Morgan fingerprint density at radius 1 is 1.22 bits per heavy atom. The zero-order valence-corrected chi connectivity index (χ0v) is 17.1. The number of hydrogen-bond acceptors (Lipinski definition) is 5. The molecule has 0 radical (unpaired) electrons. The van der Waals surface area contributed by atoms with Crippen LogP contribution in [0, 0.1) is 0 Å². The topological polar surface area (TPSA) is 58.4 Å². The smallest absolute Gasteiger partial charge is 0.259 e. The van der Waals surface area contributed by atoms with Crippen molar-refractivity contribution in [3.05, 3.63) is 51.9 Å². The average molecular weight is 403 g/mol. The SMILES string of the molecule is Cn1cc(-c2ccccn2)c2sc(CN3CCN(S(C)=O)CC3)cc2c1=O. The zero-order valence-electron chi connectivity index (χ0n) is 15.4. The van der Waals surface area contributed by atoms with E-state index in [9.17, 15) is 9.00 Å². The standard InChI is InChI=1S/C19H22N4O2S2/c1-21-13-16(17-5-3-4-6-20-17)18-15(19(21)24)11-14(26-18)12-22-7-9-23(10-8-22)27(2)25/h3-6,11,13H,7-10,12H2,1-2H3. The van der Waals surface area contributed by atoms with Crippen LogP contribution in [0.1, 0.15) is 4.88 Å². The van der Waals surface area contributed by atoms with E-state index in [0.29, 0.717) is 0 Å². The molecule has 27 heavy (non-hydrogen) atoms. The van der Waals surface area contributed by atoms with Crippen molar-refractivity contribution in [2.45, 2.75) is 6.54 Å². The third-order valence-electron chi connectivity index (χ3n) is 4.92. The molecule has 1 fully saturated rings. The summed E-state index contributed by atoms with van der Waals surface area (Å²) in [6, 6.07) is 7.86. The molecule has 1 saturated heterocycles. The Hall–Kier alpha value is -1.87. The van der Waals surface area contributed by atoms with E-state index < -0.39 is 11.0 Å². The summed E-state index contributed by atoms with van der Waals surface area (Å²) in [4.78, 5) is 20.6. The van der Waals surface area contributed by atoms with Gasteiger partial charge in [0.05, 0.1) is 26.8 Å². The summed E-state index contributed by atoms with van der Waals surface area (Å²) in [5.74, 6) is 0. The number of pyridine rings is 2. The Labute approximate surface area is 164 Å². The van der Waals surface area contributed by atoms with Gasteiger partial charge in [0.2, 0.25) is 0 Å². The molecule has 0 bridgehead atoms. The summed E-state index contributed by atoms with van der Waals surface area (Å²) >= 11 is 1.67. The van der Waals surface area contributed by atoms with E-state index in [-0.39, 0.29) is 5.56 Å². The molecule has 0 aromatic carbocycles. The molecule has 142 valence electrons. The Balaban J connectivity index is 1.65. The van der Waals surface area contributed by atoms with Crippen molar-refractivity contribution in [3.8, 4) is 11.3 Å². The monoisotopic (exact) mass is 402 g/mol. The minimum Gasteiger partial charge on any atom is -0.317 e. The van der Waals surface area contributed by atoms with Crippen molar-refractivity contribution in [2.75, 3.05) is 32.4 Å². The van der Waals surface area contributed by atoms with Gasteiger partial charge in [-0.15, -0.1) is 11.3 Å². The molecule has 3 aromatic heterocycles. The number of fused-ring (bicyclic) bond motifs is 1. The van der Waals surface area contributed by atoms with Gasteiger partial charge in [-0.2, -0.15) is 0 Å². The van der Waals surface area contributed by atoms with Gasteiger partial charge in [0, 0.05) is 68.9 Å². The summed E-state index contributed by atoms with van der Waals surface area (Å²) in [5.41, 5.74) is 1.90. The van der Waals surface area contributed by atoms with Crippen LogP contribution in [0.3, 0.4) is 0 Å². The van der Waals surface area contributed by atoms with Crippen LogP contribution >= 0.6 is 11.3 Å². The average Bonchev–Trinajstić information content (AvgIpc) is 3.10. The van der Waals surface area contributed by atoms with Crippen LogP contribution < -0.4 is 5.56 Å². The fraction of sp³-hybridized carbons (Fsp3) is 0.368. The van der Waals surface area contributed by atoms with Gasteiger partial charge >= 0.3 is 0 Å². The van der Waals surface area contributed by atoms with E-state index >= 15 is 0 Å². The Morgan fingerprint density at radius 2 is 2.00 bits per heavy atom. The molecule has 4 rings (SSSR count). The lowest BCUT2D eigenvalue weighted by Gasteiger charge is -2.32. The van der Waals surface area contributed by atoms with Crippen LogP contribution in [0.4, 0.5) is 0 Å². The normalized spacial score (nSPS) is 17.4. The third-order valence-corrected chi connectivity index (χ3v) is 7.16. The van der Waals surface area contributed by atoms with Crippen molar-refractivity contribution in [1.82, 2.24) is 18.8 Å². The molecule has 1 aliphatic rings. The van der Waals surface area contributed by atoms with Crippen LogP contribution in [-0.2, 0) is 24.6 Å². The van der Waals surface area contributed by atoms with E-state index in [1.807, 2.05) is 34.8 Å². The largest absolute Gasteiger partial charge is 0.317 e. The molecule has 0 aliphatic carbocycles. The minimum absolute atomic E-state index is 0.0263. The molecule has 4 heterocycles. The molecule has 0 N–H and O–H groups in total. The predicted molar refractivity (Wildman–Crippen MR) is 111 cm³/mol. The molecular weight excluding hydrogens is 380 g/mol. The van der Waals surface area contributed by atoms with Gasteiger partial charge in [-0.05, 0) is 18.2 Å². The Morgan fingerprint density at radius 3 is 2.67 bits per heavy atom. The second-order valence-corrected chi connectivity index (χ2v) is 9.26. The van der Waals surface area contributed by atoms with Crippen molar-refractivity contribution >= 4 is 32.4 Å². The fourth-order valence-electron chi connectivity index (χ4n) is 3.45. The van der Waals surface area contributed by atoms with E-state index in [1.54, 1.807) is 35.4 Å². The molecule has 1 unspecified atom stereocenters.